The van der Waals surface area contributed by atoms with Crippen LogP contribution in [0.1, 0.15) is 30.5 Å². The summed E-state index contributed by atoms with van der Waals surface area (Å²) in [5.41, 5.74) is 5.04. The summed E-state index contributed by atoms with van der Waals surface area (Å²) in [6, 6.07) is 13.9. The van der Waals surface area contributed by atoms with Crippen molar-refractivity contribution in [3.8, 4) is 5.75 Å². The molecule has 0 aliphatic heterocycles. The molecule has 0 fully saturated rings. The summed E-state index contributed by atoms with van der Waals surface area (Å²) in [6.45, 7) is 7.29. The molecule has 0 atom stereocenters. The van der Waals surface area contributed by atoms with E-state index in [1.165, 1.54) is 11.1 Å². The van der Waals surface area contributed by atoms with E-state index >= 15 is 0 Å². The van der Waals surface area contributed by atoms with Crippen molar-refractivity contribution in [3.05, 3.63) is 69.5 Å². The maximum atomic E-state index is 12.4. The predicted octanol–water partition coefficient (Wildman–Crippen LogP) is 4.41. The number of anilines is 1. The Labute approximate surface area is 147 Å². The molecule has 25 heavy (non-hydrogen) atoms. The van der Waals surface area contributed by atoms with E-state index in [-0.39, 0.29) is 5.56 Å². The zero-order valence-corrected chi connectivity index (χ0v) is 15.0. The van der Waals surface area contributed by atoms with Crippen LogP contribution in [0.3, 0.4) is 0 Å². The van der Waals surface area contributed by atoms with E-state index in [0.717, 1.165) is 28.8 Å². The maximum absolute atomic E-state index is 12.4. The number of pyridine rings is 1. The number of hydrogen-bond donors (Lipinski definition) is 2. The van der Waals surface area contributed by atoms with Gasteiger partial charge in [0.15, 0.2) is 0 Å². The van der Waals surface area contributed by atoms with Crippen LogP contribution in [-0.4, -0.2) is 11.6 Å². The molecule has 0 saturated heterocycles. The highest BCUT2D eigenvalue weighted by Crippen LogP contribution is 2.23. The number of fused-ring (bicyclic) bond motifs is 1. The minimum Gasteiger partial charge on any atom is -0.494 e. The van der Waals surface area contributed by atoms with Crippen LogP contribution in [0.4, 0.5) is 5.69 Å². The van der Waals surface area contributed by atoms with Crippen molar-refractivity contribution in [2.45, 2.75) is 33.7 Å². The number of H-pyrrole nitrogens is 1. The lowest BCUT2D eigenvalue weighted by Gasteiger charge is -2.14. The van der Waals surface area contributed by atoms with Crippen LogP contribution < -0.4 is 15.6 Å². The second-order valence-corrected chi connectivity index (χ2v) is 6.12. The van der Waals surface area contributed by atoms with Gasteiger partial charge in [-0.15, -0.1) is 0 Å². The number of benzene rings is 2. The van der Waals surface area contributed by atoms with Gasteiger partial charge in [0.25, 0.3) is 5.56 Å². The molecule has 0 unspecified atom stereocenters. The Morgan fingerprint density at radius 3 is 2.68 bits per heavy atom. The molecule has 130 valence electrons. The van der Waals surface area contributed by atoms with Crippen molar-refractivity contribution < 1.29 is 4.74 Å². The molecule has 0 spiro atoms. The van der Waals surface area contributed by atoms with Gasteiger partial charge >= 0.3 is 0 Å². The number of rotatable bonds is 6. The SMILES string of the molecule is CCOc1ccc2[nH]c(=O)c(CNc3c(C)cccc3CC)cc2c1. The fourth-order valence-electron chi connectivity index (χ4n) is 3.08. The Hall–Kier alpha value is -2.75. The number of ether oxygens (including phenoxy) is 1. The highest BCUT2D eigenvalue weighted by atomic mass is 16.5. The third kappa shape index (κ3) is 3.68. The molecule has 3 aromatic rings. The molecule has 2 aromatic carbocycles. The average molecular weight is 336 g/mol. The molecule has 0 aliphatic rings. The first kappa shape index (κ1) is 17.1. The Bertz CT molecular complexity index is 944. The molecular weight excluding hydrogens is 312 g/mol. The summed E-state index contributed by atoms with van der Waals surface area (Å²) in [5, 5.41) is 4.42. The summed E-state index contributed by atoms with van der Waals surface area (Å²) in [7, 11) is 0. The molecule has 0 radical (unpaired) electrons. The number of aryl methyl sites for hydroxylation is 2. The topological polar surface area (TPSA) is 54.1 Å². The van der Waals surface area contributed by atoms with Gasteiger partial charge in [-0.2, -0.15) is 0 Å². The summed E-state index contributed by atoms with van der Waals surface area (Å²) in [6.07, 6.45) is 0.954. The fraction of sp³-hybridized carbons (Fsp3) is 0.286. The van der Waals surface area contributed by atoms with Gasteiger partial charge in [-0.25, -0.2) is 0 Å². The van der Waals surface area contributed by atoms with Gasteiger partial charge < -0.3 is 15.0 Å². The van der Waals surface area contributed by atoms with E-state index in [1.807, 2.05) is 31.2 Å². The van der Waals surface area contributed by atoms with Gasteiger partial charge in [0.2, 0.25) is 0 Å². The van der Waals surface area contributed by atoms with Gasteiger partial charge in [0.1, 0.15) is 5.75 Å². The number of hydrogen-bond acceptors (Lipinski definition) is 3. The molecule has 3 rings (SSSR count). The summed E-state index contributed by atoms with van der Waals surface area (Å²) in [4.78, 5) is 15.3. The summed E-state index contributed by atoms with van der Waals surface area (Å²) >= 11 is 0. The van der Waals surface area contributed by atoms with Crippen LogP contribution in [0.15, 0.2) is 47.3 Å². The molecule has 4 nitrogen and oxygen atoms in total. The number of nitrogens with one attached hydrogen (secondary N) is 2. The standard InChI is InChI=1S/C21H24N2O2/c1-4-15-8-6-7-14(3)20(15)22-13-17-11-16-12-18(25-5-2)9-10-19(16)23-21(17)24/h6-12,22H,4-5,13H2,1-3H3,(H,23,24). The van der Waals surface area contributed by atoms with Crippen molar-refractivity contribution >= 4 is 16.6 Å². The van der Waals surface area contributed by atoms with Crippen LogP contribution in [0, 0.1) is 6.92 Å². The first-order chi connectivity index (χ1) is 12.1. The molecule has 1 heterocycles. The van der Waals surface area contributed by atoms with Crippen molar-refractivity contribution in [2.24, 2.45) is 0 Å². The second kappa shape index (κ2) is 7.43. The Kier molecular flexibility index (Phi) is 5.08. The lowest BCUT2D eigenvalue weighted by Crippen LogP contribution is -2.16. The quantitative estimate of drug-likeness (QED) is 0.701. The number of para-hydroxylation sites is 1. The zero-order valence-electron chi connectivity index (χ0n) is 15.0. The normalized spacial score (nSPS) is 10.8. The Morgan fingerprint density at radius 1 is 1.08 bits per heavy atom. The van der Waals surface area contributed by atoms with E-state index in [2.05, 4.69) is 42.3 Å². The number of aromatic amines is 1. The Morgan fingerprint density at radius 2 is 1.92 bits per heavy atom. The van der Waals surface area contributed by atoms with E-state index < -0.39 is 0 Å². The molecule has 1 aromatic heterocycles. The molecule has 4 heteroatoms. The van der Waals surface area contributed by atoms with E-state index in [1.54, 1.807) is 0 Å². The first-order valence-corrected chi connectivity index (χ1v) is 8.73. The van der Waals surface area contributed by atoms with E-state index in [9.17, 15) is 4.79 Å². The van der Waals surface area contributed by atoms with E-state index in [0.29, 0.717) is 18.7 Å². The molecule has 0 bridgehead atoms. The highest BCUT2D eigenvalue weighted by molar-refractivity contribution is 5.80. The fourth-order valence-corrected chi connectivity index (χ4v) is 3.08. The largest absolute Gasteiger partial charge is 0.494 e. The van der Waals surface area contributed by atoms with Crippen LogP contribution >= 0.6 is 0 Å². The smallest absolute Gasteiger partial charge is 0.253 e. The predicted molar refractivity (Wildman–Crippen MR) is 104 cm³/mol. The van der Waals surface area contributed by atoms with Gasteiger partial charge in [0.05, 0.1) is 6.61 Å². The minimum atomic E-state index is -0.0595. The van der Waals surface area contributed by atoms with Gasteiger partial charge in [-0.3, -0.25) is 4.79 Å². The first-order valence-electron chi connectivity index (χ1n) is 8.73. The third-order valence-electron chi connectivity index (χ3n) is 4.40. The maximum Gasteiger partial charge on any atom is 0.253 e. The Balaban J connectivity index is 1.91. The molecule has 0 aliphatic carbocycles. The highest BCUT2D eigenvalue weighted by Gasteiger charge is 2.07. The average Bonchev–Trinajstić information content (AvgIpc) is 2.61. The van der Waals surface area contributed by atoms with Crippen molar-refractivity contribution in [1.29, 1.82) is 0 Å². The lowest BCUT2D eigenvalue weighted by atomic mass is 10.1. The van der Waals surface area contributed by atoms with Crippen LogP contribution in [0.5, 0.6) is 5.75 Å². The zero-order chi connectivity index (χ0) is 17.8. The van der Waals surface area contributed by atoms with E-state index in [4.69, 9.17) is 4.74 Å². The monoisotopic (exact) mass is 336 g/mol. The van der Waals surface area contributed by atoms with Gasteiger partial charge in [-0.1, -0.05) is 25.1 Å². The van der Waals surface area contributed by atoms with Crippen molar-refractivity contribution in [1.82, 2.24) is 4.98 Å². The van der Waals surface area contributed by atoms with Crippen molar-refractivity contribution in [3.63, 3.8) is 0 Å². The molecular formula is C21H24N2O2. The molecule has 0 saturated carbocycles. The van der Waals surface area contributed by atoms with Gasteiger partial charge in [-0.05, 0) is 55.7 Å². The van der Waals surface area contributed by atoms with Crippen LogP contribution in [0.2, 0.25) is 0 Å². The summed E-state index contributed by atoms with van der Waals surface area (Å²) < 4.78 is 5.55. The molecule has 2 N–H and O–H groups in total. The van der Waals surface area contributed by atoms with Crippen LogP contribution in [-0.2, 0) is 13.0 Å². The minimum absolute atomic E-state index is 0.0595. The van der Waals surface area contributed by atoms with Crippen LogP contribution in [0.25, 0.3) is 10.9 Å². The summed E-state index contributed by atoms with van der Waals surface area (Å²) in [5.74, 6) is 0.813. The lowest BCUT2D eigenvalue weighted by molar-refractivity contribution is 0.340. The van der Waals surface area contributed by atoms with Gasteiger partial charge in [0, 0.05) is 28.7 Å². The number of aromatic nitrogens is 1. The molecule has 0 amide bonds. The second-order valence-electron chi connectivity index (χ2n) is 6.12. The third-order valence-corrected chi connectivity index (χ3v) is 4.40. The van der Waals surface area contributed by atoms with Crippen molar-refractivity contribution in [2.75, 3.05) is 11.9 Å².